The fourth-order valence-corrected chi connectivity index (χ4v) is 2.08. The Morgan fingerprint density at radius 1 is 1.29 bits per heavy atom. The van der Waals surface area contributed by atoms with Crippen LogP contribution in [-0.4, -0.2) is 10.5 Å². The molecule has 2 rings (SSSR count). The van der Waals surface area contributed by atoms with Gasteiger partial charge in [-0.1, -0.05) is 11.6 Å². The highest BCUT2D eigenvalue weighted by Gasteiger charge is 2.31. The van der Waals surface area contributed by atoms with E-state index in [1.165, 1.54) is 18.2 Å². The van der Waals surface area contributed by atoms with Crippen LogP contribution in [0.5, 0.6) is 0 Å². The molecule has 0 aliphatic carbocycles. The maximum Gasteiger partial charge on any atom is 0.417 e. The van der Waals surface area contributed by atoms with E-state index in [1.807, 2.05) is 6.07 Å². The number of anilines is 1. The van der Waals surface area contributed by atoms with Crippen LogP contribution in [0.15, 0.2) is 41.3 Å². The van der Waals surface area contributed by atoms with E-state index >= 15 is 0 Å². The van der Waals surface area contributed by atoms with Gasteiger partial charge in [-0.05, 0) is 24.3 Å². The first-order valence-electron chi connectivity index (χ1n) is 6.48. The van der Waals surface area contributed by atoms with Gasteiger partial charge < -0.3 is 9.88 Å². The molecule has 1 aromatic carbocycles. The number of hydrogen-bond donors (Lipinski definition) is 1. The number of carbonyl (C=O) groups is 1. The van der Waals surface area contributed by atoms with Gasteiger partial charge in [-0.3, -0.25) is 9.59 Å². The molecule has 0 aliphatic heterocycles. The molecule has 0 saturated carbocycles. The number of nitrogens with zero attached hydrogens (tertiary/aromatic N) is 2. The van der Waals surface area contributed by atoms with Crippen LogP contribution in [0.25, 0.3) is 0 Å². The number of benzene rings is 1. The number of pyridine rings is 1. The Morgan fingerprint density at radius 2 is 2.00 bits per heavy atom. The number of amides is 1. The minimum absolute atomic E-state index is 0.117. The molecule has 0 atom stereocenters. The smallest absolute Gasteiger partial charge is 0.324 e. The molecule has 24 heavy (non-hydrogen) atoms. The molecule has 0 unspecified atom stereocenters. The second-order valence-corrected chi connectivity index (χ2v) is 5.14. The minimum atomic E-state index is -4.62. The highest BCUT2D eigenvalue weighted by Crippen LogP contribution is 2.28. The van der Waals surface area contributed by atoms with Crippen molar-refractivity contribution in [2.45, 2.75) is 12.7 Å². The maximum absolute atomic E-state index is 12.6. The lowest BCUT2D eigenvalue weighted by atomic mass is 10.2. The van der Waals surface area contributed by atoms with Crippen LogP contribution in [-0.2, 0) is 17.5 Å². The van der Waals surface area contributed by atoms with Crippen molar-refractivity contribution in [2.75, 3.05) is 5.32 Å². The number of carbonyl (C=O) groups excluding carboxylic acids is 1. The van der Waals surface area contributed by atoms with Crippen LogP contribution < -0.4 is 10.9 Å². The van der Waals surface area contributed by atoms with E-state index in [0.717, 1.165) is 6.07 Å². The highest BCUT2D eigenvalue weighted by molar-refractivity contribution is 6.32. The molecule has 0 bridgehead atoms. The Kier molecular flexibility index (Phi) is 4.95. The van der Waals surface area contributed by atoms with Gasteiger partial charge in [0, 0.05) is 18.0 Å². The molecule has 0 radical (unpaired) electrons. The van der Waals surface area contributed by atoms with Crippen molar-refractivity contribution < 1.29 is 18.0 Å². The Morgan fingerprint density at radius 3 is 2.58 bits per heavy atom. The normalized spacial score (nSPS) is 11.0. The first-order valence-corrected chi connectivity index (χ1v) is 6.85. The predicted molar refractivity (Wildman–Crippen MR) is 80.5 cm³/mol. The summed E-state index contributed by atoms with van der Waals surface area (Å²) < 4.78 is 38.6. The van der Waals surface area contributed by atoms with Crippen molar-refractivity contribution in [1.82, 2.24) is 4.57 Å². The topological polar surface area (TPSA) is 74.9 Å². The molecule has 0 saturated heterocycles. The number of nitriles is 1. The Labute approximate surface area is 138 Å². The van der Waals surface area contributed by atoms with E-state index in [1.54, 1.807) is 0 Å². The average Bonchev–Trinajstić information content (AvgIpc) is 2.48. The van der Waals surface area contributed by atoms with Crippen molar-refractivity contribution >= 4 is 23.2 Å². The Bertz CT molecular complexity index is 885. The van der Waals surface area contributed by atoms with E-state index in [0.29, 0.717) is 16.8 Å². The zero-order valence-corrected chi connectivity index (χ0v) is 12.6. The SMILES string of the molecule is N#Cc1ccc(NC(=O)Cn2cc(C(F)(F)F)ccc2=O)cc1Cl. The molecule has 124 valence electrons. The van der Waals surface area contributed by atoms with Crippen LogP contribution in [0.4, 0.5) is 18.9 Å². The van der Waals surface area contributed by atoms with Gasteiger partial charge in [0.25, 0.3) is 5.56 Å². The standard InChI is InChI=1S/C15H9ClF3N3O2/c16-12-5-11(3-1-9(12)6-20)21-13(23)8-22-7-10(15(17,18)19)2-4-14(22)24/h1-5,7H,8H2,(H,21,23). The zero-order chi connectivity index (χ0) is 17.9. The number of halogens is 4. The molecule has 0 fully saturated rings. The summed E-state index contributed by atoms with van der Waals surface area (Å²) in [6, 6.07) is 7.37. The van der Waals surface area contributed by atoms with Crippen molar-refractivity contribution in [3.63, 3.8) is 0 Å². The van der Waals surface area contributed by atoms with Crippen molar-refractivity contribution in [2.24, 2.45) is 0 Å². The third-order valence-electron chi connectivity index (χ3n) is 3.00. The first kappa shape index (κ1) is 17.6. The fraction of sp³-hybridized carbons (Fsp3) is 0.133. The van der Waals surface area contributed by atoms with Gasteiger partial charge in [0.05, 0.1) is 16.1 Å². The summed E-state index contributed by atoms with van der Waals surface area (Å²) in [5.74, 6) is -0.711. The van der Waals surface area contributed by atoms with Crippen LogP contribution >= 0.6 is 11.6 Å². The lowest BCUT2D eigenvalue weighted by molar-refractivity contribution is -0.138. The van der Waals surface area contributed by atoms with Gasteiger partial charge in [0.1, 0.15) is 12.6 Å². The molecule has 1 N–H and O–H groups in total. The van der Waals surface area contributed by atoms with E-state index in [9.17, 15) is 22.8 Å². The largest absolute Gasteiger partial charge is 0.417 e. The second kappa shape index (κ2) is 6.76. The molecule has 1 heterocycles. The van der Waals surface area contributed by atoms with Gasteiger partial charge in [0.15, 0.2) is 0 Å². The Hall–Kier alpha value is -2.79. The number of rotatable bonds is 3. The van der Waals surface area contributed by atoms with E-state index in [4.69, 9.17) is 16.9 Å². The molecule has 0 aliphatic rings. The minimum Gasteiger partial charge on any atom is -0.324 e. The molecule has 0 spiro atoms. The first-order chi connectivity index (χ1) is 11.2. The monoisotopic (exact) mass is 355 g/mol. The summed E-state index contributed by atoms with van der Waals surface area (Å²) in [6.45, 7) is -0.597. The number of hydrogen-bond acceptors (Lipinski definition) is 3. The summed E-state index contributed by atoms with van der Waals surface area (Å²) in [4.78, 5) is 23.5. The molecule has 1 amide bonds. The van der Waals surface area contributed by atoms with Gasteiger partial charge >= 0.3 is 6.18 Å². The highest BCUT2D eigenvalue weighted by atomic mass is 35.5. The molecular weight excluding hydrogens is 347 g/mol. The lowest BCUT2D eigenvalue weighted by Gasteiger charge is -2.11. The van der Waals surface area contributed by atoms with Gasteiger partial charge in [-0.2, -0.15) is 18.4 Å². The van der Waals surface area contributed by atoms with Gasteiger partial charge in [-0.25, -0.2) is 0 Å². The van der Waals surface area contributed by atoms with Crippen molar-refractivity contribution in [3.8, 4) is 6.07 Å². The summed E-state index contributed by atoms with van der Waals surface area (Å²) in [5, 5.41) is 11.3. The van der Waals surface area contributed by atoms with E-state index in [2.05, 4.69) is 5.32 Å². The van der Waals surface area contributed by atoms with Crippen LogP contribution in [0.2, 0.25) is 5.02 Å². The summed E-state index contributed by atoms with van der Waals surface area (Å²) in [6.07, 6.45) is -4.04. The van der Waals surface area contributed by atoms with Crippen LogP contribution in [0, 0.1) is 11.3 Å². The predicted octanol–water partition coefficient (Wildman–Crippen LogP) is 3.03. The van der Waals surface area contributed by atoms with Crippen LogP contribution in [0.3, 0.4) is 0 Å². The average molecular weight is 356 g/mol. The molecule has 1 aromatic heterocycles. The van der Waals surface area contributed by atoms with E-state index in [-0.39, 0.29) is 16.3 Å². The van der Waals surface area contributed by atoms with E-state index < -0.39 is 29.8 Å². The molecule has 9 heteroatoms. The third-order valence-corrected chi connectivity index (χ3v) is 3.31. The maximum atomic E-state index is 12.6. The second-order valence-electron chi connectivity index (χ2n) is 4.74. The van der Waals surface area contributed by atoms with Gasteiger partial charge in [-0.15, -0.1) is 0 Å². The fourth-order valence-electron chi connectivity index (χ4n) is 1.86. The zero-order valence-electron chi connectivity index (χ0n) is 11.9. The quantitative estimate of drug-likeness (QED) is 0.919. The number of nitrogens with one attached hydrogen (secondary N) is 1. The lowest BCUT2D eigenvalue weighted by Crippen LogP contribution is -2.28. The molecule has 2 aromatic rings. The summed E-state index contributed by atoms with van der Waals surface area (Å²) >= 11 is 5.82. The van der Waals surface area contributed by atoms with Crippen LogP contribution in [0.1, 0.15) is 11.1 Å². The molecule has 5 nitrogen and oxygen atoms in total. The van der Waals surface area contributed by atoms with Gasteiger partial charge in [0.2, 0.25) is 5.91 Å². The molecular formula is C15H9ClF3N3O2. The summed E-state index contributed by atoms with van der Waals surface area (Å²) in [7, 11) is 0. The third kappa shape index (κ3) is 4.14. The number of alkyl halides is 3. The number of aromatic nitrogens is 1. The van der Waals surface area contributed by atoms with Crippen molar-refractivity contribution in [1.29, 1.82) is 5.26 Å². The summed E-state index contributed by atoms with van der Waals surface area (Å²) in [5.41, 5.74) is -1.31. The Balaban J connectivity index is 2.17. The van der Waals surface area contributed by atoms with Crippen molar-refractivity contribution in [3.05, 3.63) is 63.0 Å².